The van der Waals surface area contributed by atoms with Crippen LogP contribution in [0.15, 0.2) is 24.3 Å². The number of hydrogen-bond donors (Lipinski definition) is 2. The second kappa shape index (κ2) is 8.98. The molecular weight excluding hydrogens is 372 g/mol. The van der Waals surface area contributed by atoms with Crippen LogP contribution >= 0.6 is 0 Å². The highest BCUT2D eigenvalue weighted by molar-refractivity contribution is 7.89. The molecule has 27 heavy (non-hydrogen) atoms. The number of sulfone groups is 1. The number of esters is 1. The van der Waals surface area contributed by atoms with Gasteiger partial charge < -0.3 is 10.1 Å². The lowest BCUT2D eigenvalue weighted by atomic mass is 10.1. The van der Waals surface area contributed by atoms with E-state index in [2.05, 4.69) is 10.6 Å². The summed E-state index contributed by atoms with van der Waals surface area (Å²) in [5, 5.41) is 4.88. The van der Waals surface area contributed by atoms with Gasteiger partial charge in [0.05, 0.1) is 11.3 Å². The first kappa shape index (κ1) is 20.9. The highest BCUT2D eigenvalue weighted by atomic mass is 32.2. The van der Waals surface area contributed by atoms with Crippen molar-refractivity contribution in [3.8, 4) is 0 Å². The molecule has 1 atom stereocenters. The Morgan fingerprint density at radius 1 is 1.15 bits per heavy atom. The van der Waals surface area contributed by atoms with Gasteiger partial charge in [0.2, 0.25) is 0 Å². The molecule has 8 nitrogen and oxygen atoms in total. The standard InChI is InChI=1S/C18H24N2O6S/c1-12(16(21)20-18(23)19-15-5-3-4-6-15)26-17(22)14-9-7-13(8-10-14)11-27(2,24)25/h7-10,12,15H,3-6,11H2,1-2H3,(H2,19,20,21,23)/t12-/m1/s1. The second-order valence-corrected chi connectivity index (χ2v) is 8.90. The summed E-state index contributed by atoms with van der Waals surface area (Å²) in [5.74, 6) is -1.58. The Labute approximate surface area is 158 Å². The SMILES string of the molecule is C[C@@H](OC(=O)c1ccc(CS(C)(=O)=O)cc1)C(=O)NC(=O)NC1CCCC1. The molecule has 0 saturated heterocycles. The summed E-state index contributed by atoms with van der Waals surface area (Å²) in [5.41, 5.74) is 0.728. The van der Waals surface area contributed by atoms with Gasteiger partial charge in [-0.2, -0.15) is 0 Å². The lowest BCUT2D eigenvalue weighted by molar-refractivity contribution is -0.127. The third kappa shape index (κ3) is 7.01. The van der Waals surface area contributed by atoms with Crippen LogP contribution < -0.4 is 10.6 Å². The number of imide groups is 1. The van der Waals surface area contributed by atoms with Crippen molar-refractivity contribution in [2.45, 2.75) is 50.5 Å². The molecule has 9 heteroatoms. The molecule has 0 heterocycles. The van der Waals surface area contributed by atoms with E-state index in [1.807, 2.05) is 0 Å². The largest absolute Gasteiger partial charge is 0.449 e. The van der Waals surface area contributed by atoms with E-state index in [4.69, 9.17) is 4.74 Å². The summed E-state index contributed by atoms with van der Waals surface area (Å²) in [7, 11) is -3.17. The number of carbonyl (C=O) groups excluding carboxylic acids is 3. The molecule has 1 aromatic carbocycles. The van der Waals surface area contributed by atoms with Crippen LogP contribution in [0.4, 0.5) is 4.79 Å². The summed E-state index contributed by atoms with van der Waals surface area (Å²) in [6.07, 6.45) is 3.86. The van der Waals surface area contributed by atoms with Crippen molar-refractivity contribution in [3.63, 3.8) is 0 Å². The number of amides is 3. The Morgan fingerprint density at radius 2 is 1.74 bits per heavy atom. The fourth-order valence-electron chi connectivity index (χ4n) is 2.83. The van der Waals surface area contributed by atoms with Gasteiger partial charge >= 0.3 is 12.0 Å². The van der Waals surface area contributed by atoms with E-state index in [9.17, 15) is 22.8 Å². The van der Waals surface area contributed by atoms with Gasteiger partial charge in [0, 0.05) is 12.3 Å². The first-order valence-electron chi connectivity index (χ1n) is 8.73. The van der Waals surface area contributed by atoms with Crippen LogP contribution in [0.1, 0.15) is 48.5 Å². The fourth-order valence-corrected chi connectivity index (χ4v) is 3.63. The Hall–Kier alpha value is -2.42. The van der Waals surface area contributed by atoms with Crippen molar-refractivity contribution >= 4 is 27.7 Å². The minimum atomic E-state index is -3.17. The van der Waals surface area contributed by atoms with Gasteiger partial charge in [0.15, 0.2) is 15.9 Å². The fraction of sp³-hybridized carbons (Fsp3) is 0.500. The summed E-state index contributed by atoms with van der Waals surface area (Å²) in [6, 6.07) is 5.36. The molecule has 0 radical (unpaired) electrons. The molecule has 148 valence electrons. The highest BCUT2D eigenvalue weighted by Crippen LogP contribution is 2.17. The molecular formula is C18H24N2O6S. The molecule has 1 aromatic rings. The first-order chi connectivity index (χ1) is 12.6. The van der Waals surface area contributed by atoms with E-state index in [0.717, 1.165) is 31.9 Å². The summed E-state index contributed by atoms with van der Waals surface area (Å²) < 4.78 is 27.6. The number of ether oxygens (including phenoxy) is 1. The summed E-state index contributed by atoms with van der Waals surface area (Å²) >= 11 is 0. The molecule has 2 N–H and O–H groups in total. The number of urea groups is 1. The molecule has 1 fully saturated rings. The van der Waals surface area contributed by atoms with E-state index >= 15 is 0 Å². The zero-order valence-electron chi connectivity index (χ0n) is 15.4. The zero-order chi connectivity index (χ0) is 20.0. The normalized spacial score (nSPS) is 15.8. The van der Waals surface area contributed by atoms with E-state index in [1.54, 1.807) is 0 Å². The molecule has 2 rings (SSSR count). The maximum atomic E-state index is 12.1. The van der Waals surface area contributed by atoms with Crippen molar-refractivity contribution in [1.82, 2.24) is 10.6 Å². The van der Waals surface area contributed by atoms with Crippen LogP contribution in [0.2, 0.25) is 0 Å². The topological polar surface area (TPSA) is 119 Å². The third-order valence-corrected chi connectivity index (χ3v) is 5.06. The molecule has 0 spiro atoms. The van der Waals surface area contributed by atoms with Crippen molar-refractivity contribution in [1.29, 1.82) is 0 Å². The van der Waals surface area contributed by atoms with Crippen molar-refractivity contribution in [3.05, 3.63) is 35.4 Å². The van der Waals surface area contributed by atoms with Gasteiger partial charge in [-0.1, -0.05) is 25.0 Å². The molecule has 1 aliphatic rings. The second-order valence-electron chi connectivity index (χ2n) is 6.76. The monoisotopic (exact) mass is 396 g/mol. The maximum absolute atomic E-state index is 12.1. The van der Waals surface area contributed by atoms with Crippen molar-refractivity contribution < 1.29 is 27.5 Å². The number of nitrogens with one attached hydrogen (secondary N) is 2. The van der Waals surface area contributed by atoms with Gasteiger partial charge in [0.25, 0.3) is 5.91 Å². The van der Waals surface area contributed by atoms with Crippen molar-refractivity contribution in [2.24, 2.45) is 0 Å². The smallest absolute Gasteiger partial charge is 0.338 e. The summed E-state index contributed by atoms with van der Waals surface area (Å²) in [4.78, 5) is 35.9. The molecule has 0 aromatic heterocycles. The molecule has 1 saturated carbocycles. The van der Waals surface area contributed by atoms with Crippen molar-refractivity contribution in [2.75, 3.05) is 6.26 Å². The van der Waals surface area contributed by atoms with Gasteiger partial charge in [-0.3, -0.25) is 10.1 Å². The van der Waals surface area contributed by atoms with Crippen LogP contribution in [0.3, 0.4) is 0 Å². The molecule has 0 bridgehead atoms. The Kier molecular flexibility index (Phi) is 6.95. The number of carbonyl (C=O) groups is 3. The molecule has 1 aliphatic carbocycles. The summed E-state index contributed by atoms with van der Waals surface area (Å²) in [6.45, 7) is 1.37. The van der Waals surface area contributed by atoms with Crippen LogP contribution in [0.25, 0.3) is 0 Å². The first-order valence-corrected chi connectivity index (χ1v) is 10.8. The molecule has 0 unspecified atom stereocenters. The lowest BCUT2D eigenvalue weighted by Crippen LogP contribution is -2.47. The van der Waals surface area contributed by atoms with E-state index in [1.165, 1.54) is 31.2 Å². The maximum Gasteiger partial charge on any atom is 0.338 e. The zero-order valence-corrected chi connectivity index (χ0v) is 16.2. The Morgan fingerprint density at radius 3 is 2.30 bits per heavy atom. The van der Waals surface area contributed by atoms with Crippen LogP contribution in [0, 0.1) is 0 Å². The van der Waals surface area contributed by atoms with Gasteiger partial charge in [-0.05, 0) is 37.5 Å². The highest BCUT2D eigenvalue weighted by Gasteiger charge is 2.23. The van der Waals surface area contributed by atoms with Crippen LogP contribution in [0.5, 0.6) is 0 Å². The number of benzene rings is 1. The predicted octanol–water partition coefficient (Wildman–Crippen LogP) is 1.54. The Balaban J connectivity index is 1.84. The molecule has 3 amide bonds. The lowest BCUT2D eigenvalue weighted by Gasteiger charge is -2.15. The quantitative estimate of drug-likeness (QED) is 0.704. The van der Waals surface area contributed by atoms with E-state index in [-0.39, 0.29) is 17.4 Å². The van der Waals surface area contributed by atoms with Crippen LogP contribution in [-0.4, -0.2) is 44.7 Å². The van der Waals surface area contributed by atoms with Gasteiger partial charge in [-0.15, -0.1) is 0 Å². The third-order valence-electron chi connectivity index (χ3n) is 4.20. The number of hydrogen-bond acceptors (Lipinski definition) is 6. The van der Waals surface area contributed by atoms with E-state index in [0.29, 0.717) is 5.56 Å². The van der Waals surface area contributed by atoms with Gasteiger partial charge in [-0.25, -0.2) is 18.0 Å². The number of rotatable bonds is 6. The van der Waals surface area contributed by atoms with E-state index < -0.39 is 33.8 Å². The molecule has 0 aliphatic heterocycles. The minimum Gasteiger partial charge on any atom is -0.449 e. The average Bonchev–Trinajstić information content (AvgIpc) is 3.06. The van der Waals surface area contributed by atoms with Crippen LogP contribution in [-0.2, 0) is 25.1 Å². The average molecular weight is 396 g/mol. The minimum absolute atomic E-state index is 0.0705. The Bertz CT molecular complexity index is 798. The van der Waals surface area contributed by atoms with Gasteiger partial charge in [0.1, 0.15) is 0 Å². The predicted molar refractivity (Wildman–Crippen MR) is 98.8 cm³/mol.